The number of pyridine rings is 1. The largest absolute Gasteiger partial charge is 0.316 e. The maximum absolute atomic E-state index is 12.1. The molecule has 2 rings (SSSR count). The van der Waals surface area contributed by atoms with Crippen molar-refractivity contribution < 1.29 is 4.21 Å². The Hall–Kier alpha value is -1.25. The lowest BCUT2D eigenvalue weighted by Crippen LogP contribution is -2.32. The van der Waals surface area contributed by atoms with Gasteiger partial charge in [0.25, 0.3) is 0 Å². The molecule has 1 aliphatic rings. The van der Waals surface area contributed by atoms with Gasteiger partial charge in [0.2, 0.25) is 0 Å². The molecule has 1 aromatic heterocycles. The molecule has 5 heteroatoms. The van der Waals surface area contributed by atoms with E-state index < -0.39 is 10.8 Å². The second-order valence-corrected chi connectivity index (χ2v) is 5.66. The number of hydrogen-bond donors (Lipinski definition) is 1. The third kappa shape index (κ3) is 3.35. The van der Waals surface area contributed by atoms with Crippen LogP contribution in [0, 0.1) is 17.2 Å². The monoisotopic (exact) mass is 249 g/mol. The third-order valence-electron chi connectivity index (χ3n) is 2.88. The average molecular weight is 249 g/mol. The number of nitriles is 1. The maximum atomic E-state index is 12.1. The van der Waals surface area contributed by atoms with Crippen molar-refractivity contribution in [3.63, 3.8) is 0 Å². The van der Waals surface area contributed by atoms with E-state index in [9.17, 15) is 4.21 Å². The lowest BCUT2D eigenvalue weighted by atomic mass is 10.0. The first-order valence-electron chi connectivity index (χ1n) is 5.75. The summed E-state index contributed by atoms with van der Waals surface area (Å²) in [6.45, 7) is 2.00. The van der Waals surface area contributed by atoms with Crippen LogP contribution in [0.2, 0.25) is 0 Å². The van der Waals surface area contributed by atoms with Crippen LogP contribution < -0.4 is 5.32 Å². The molecule has 2 atom stereocenters. The molecule has 0 saturated carbocycles. The fourth-order valence-electron chi connectivity index (χ4n) is 1.97. The summed E-state index contributed by atoms with van der Waals surface area (Å²) in [6, 6.07) is 5.28. The minimum atomic E-state index is -1.10. The first-order chi connectivity index (χ1) is 8.29. The predicted octanol–water partition coefficient (Wildman–Crippen LogP) is 1.06. The summed E-state index contributed by atoms with van der Waals surface area (Å²) in [5, 5.41) is 12.6. The van der Waals surface area contributed by atoms with E-state index in [-0.39, 0.29) is 0 Å². The van der Waals surface area contributed by atoms with Crippen molar-refractivity contribution in [3.05, 3.63) is 23.9 Å². The summed E-state index contributed by atoms with van der Waals surface area (Å²) in [5.74, 6) is 1.09. The molecular weight excluding hydrogens is 234 g/mol. The quantitative estimate of drug-likeness (QED) is 0.870. The summed E-state index contributed by atoms with van der Waals surface area (Å²) in [4.78, 5) is 4.08. The highest BCUT2D eigenvalue weighted by Gasteiger charge is 2.17. The summed E-state index contributed by atoms with van der Waals surface area (Å²) < 4.78 is 12.1. The van der Waals surface area contributed by atoms with E-state index in [2.05, 4.69) is 10.3 Å². The van der Waals surface area contributed by atoms with Crippen molar-refractivity contribution >= 4 is 10.8 Å². The average Bonchev–Trinajstić information content (AvgIpc) is 2.40. The number of aromatic nitrogens is 1. The molecule has 90 valence electrons. The Morgan fingerprint density at radius 2 is 2.53 bits per heavy atom. The van der Waals surface area contributed by atoms with Crippen molar-refractivity contribution in [1.82, 2.24) is 10.3 Å². The highest BCUT2D eigenvalue weighted by Crippen LogP contribution is 2.15. The number of hydrogen-bond acceptors (Lipinski definition) is 4. The highest BCUT2D eigenvalue weighted by atomic mass is 32.2. The van der Waals surface area contributed by atoms with Gasteiger partial charge in [0.05, 0.1) is 22.4 Å². The lowest BCUT2D eigenvalue weighted by Gasteiger charge is -2.21. The number of piperidine rings is 1. The van der Waals surface area contributed by atoms with E-state index in [0.717, 1.165) is 25.9 Å². The summed E-state index contributed by atoms with van der Waals surface area (Å²) >= 11 is 0. The summed E-state index contributed by atoms with van der Waals surface area (Å²) in [5.41, 5.74) is 0.519. The number of nitrogens with one attached hydrogen (secondary N) is 1. The molecule has 1 saturated heterocycles. The molecule has 4 nitrogen and oxygen atoms in total. The van der Waals surface area contributed by atoms with Crippen molar-refractivity contribution in [2.45, 2.75) is 17.9 Å². The maximum Gasteiger partial charge on any atom is 0.128 e. The minimum absolute atomic E-state index is 0.456. The van der Waals surface area contributed by atoms with Crippen LogP contribution in [0.3, 0.4) is 0 Å². The van der Waals surface area contributed by atoms with Crippen LogP contribution in [0.5, 0.6) is 0 Å². The van der Waals surface area contributed by atoms with Crippen molar-refractivity contribution in [2.75, 3.05) is 18.8 Å². The molecule has 0 amide bonds. The fraction of sp³-hybridized carbons (Fsp3) is 0.500. The number of nitrogens with zero attached hydrogens (tertiary/aromatic N) is 2. The third-order valence-corrected chi connectivity index (χ3v) is 4.35. The second-order valence-electron chi connectivity index (χ2n) is 4.22. The normalized spacial score (nSPS) is 21.7. The van der Waals surface area contributed by atoms with Crippen LogP contribution in [0.15, 0.2) is 23.4 Å². The summed E-state index contributed by atoms with van der Waals surface area (Å²) in [6.07, 6.45) is 3.81. The van der Waals surface area contributed by atoms with Gasteiger partial charge in [0.15, 0.2) is 0 Å². The van der Waals surface area contributed by atoms with Gasteiger partial charge < -0.3 is 5.32 Å². The van der Waals surface area contributed by atoms with E-state index >= 15 is 0 Å². The Bertz CT molecular complexity index is 449. The van der Waals surface area contributed by atoms with Gasteiger partial charge in [-0.2, -0.15) is 5.26 Å². The zero-order chi connectivity index (χ0) is 12.1. The molecule has 1 N–H and O–H groups in total. The molecule has 1 fully saturated rings. The van der Waals surface area contributed by atoms with Crippen LogP contribution in [-0.4, -0.2) is 28.0 Å². The molecular formula is C12H15N3OS. The highest BCUT2D eigenvalue weighted by molar-refractivity contribution is 7.84. The predicted molar refractivity (Wildman–Crippen MR) is 65.8 cm³/mol. The standard InChI is InChI=1S/C12H15N3OS/c13-7-10-3-5-15-12(6-10)17(16)9-11-2-1-4-14-8-11/h3,5-6,11,14H,1-2,4,8-9H2/t11-,17-/m0/s1. The van der Waals surface area contributed by atoms with Crippen LogP contribution in [0.4, 0.5) is 0 Å². The molecule has 0 bridgehead atoms. The van der Waals surface area contributed by atoms with E-state index in [0.29, 0.717) is 22.3 Å². The second kappa shape index (κ2) is 5.89. The van der Waals surface area contributed by atoms with Crippen LogP contribution in [0.25, 0.3) is 0 Å². The van der Waals surface area contributed by atoms with Crippen molar-refractivity contribution in [2.24, 2.45) is 5.92 Å². The zero-order valence-electron chi connectivity index (χ0n) is 9.56. The van der Waals surface area contributed by atoms with E-state index in [1.165, 1.54) is 0 Å². The van der Waals surface area contributed by atoms with Crippen LogP contribution in [0.1, 0.15) is 18.4 Å². The molecule has 0 radical (unpaired) electrons. The van der Waals surface area contributed by atoms with Crippen LogP contribution in [-0.2, 0) is 10.8 Å². The SMILES string of the molecule is N#Cc1ccnc([S@@](=O)C[C@H]2CCCNC2)c1. The van der Waals surface area contributed by atoms with Gasteiger partial charge in [-0.05, 0) is 44.0 Å². The van der Waals surface area contributed by atoms with Crippen LogP contribution >= 0.6 is 0 Å². The first-order valence-corrected chi connectivity index (χ1v) is 7.07. The Kier molecular flexibility index (Phi) is 4.24. The molecule has 1 aliphatic heterocycles. The topological polar surface area (TPSA) is 65.8 Å². The first kappa shape index (κ1) is 12.2. The van der Waals surface area contributed by atoms with Gasteiger partial charge in [0.1, 0.15) is 5.03 Å². The zero-order valence-corrected chi connectivity index (χ0v) is 10.4. The molecule has 0 spiro atoms. The van der Waals surface area contributed by atoms with Gasteiger partial charge in [0, 0.05) is 11.9 Å². The molecule has 0 aromatic carbocycles. The molecule has 0 aliphatic carbocycles. The molecule has 1 aromatic rings. The Labute approximate surface area is 104 Å². The molecule has 17 heavy (non-hydrogen) atoms. The minimum Gasteiger partial charge on any atom is -0.316 e. The summed E-state index contributed by atoms with van der Waals surface area (Å²) in [7, 11) is -1.10. The van der Waals surface area contributed by atoms with Gasteiger partial charge in [-0.15, -0.1) is 0 Å². The Morgan fingerprint density at radius 3 is 3.24 bits per heavy atom. The van der Waals surface area contributed by atoms with Gasteiger partial charge in [-0.1, -0.05) is 0 Å². The van der Waals surface area contributed by atoms with Gasteiger partial charge in [-0.25, -0.2) is 4.98 Å². The molecule has 2 heterocycles. The molecule has 0 unspecified atom stereocenters. The number of rotatable bonds is 3. The van der Waals surface area contributed by atoms with Gasteiger partial charge >= 0.3 is 0 Å². The van der Waals surface area contributed by atoms with Crippen molar-refractivity contribution in [1.29, 1.82) is 5.26 Å². The van der Waals surface area contributed by atoms with E-state index in [1.54, 1.807) is 18.3 Å². The van der Waals surface area contributed by atoms with E-state index in [1.807, 2.05) is 6.07 Å². The lowest BCUT2D eigenvalue weighted by molar-refractivity contribution is 0.408. The van der Waals surface area contributed by atoms with E-state index in [4.69, 9.17) is 5.26 Å². The van der Waals surface area contributed by atoms with Crippen molar-refractivity contribution in [3.8, 4) is 6.07 Å². The fourth-order valence-corrected chi connectivity index (χ4v) is 3.29. The Morgan fingerprint density at radius 1 is 1.65 bits per heavy atom. The smallest absolute Gasteiger partial charge is 0.128 e. The van der Waals surface area contributed by atoms with Gasteiger partial charge in [-0.3, -0.25) is 4.21 Å². The Balaban J connectivity index is 2.01.